The van der Waals surface area contributed by atoms with E-state index >= 15 is 0 Å². The summed E-state index contributed by atoms with van der Waals surface area (Å²) in [5.74, 6) is -1.53. The zero-order valence-electron chi connectivity index (χ0n) is 9.52. The molecule has 1 aliphatic heterocycles. The molecule has 2 heterocycles. The van der Waals surface area contributed by atoms with Gasteiger partial charge in [-0.1, -0.05) is 0 Å². The van der Waals surface area contributed by atoms with Crippen LogP contribution in [0.2, 0.25) is 0 Å². The Bertz CT molecular complexity index is 509. The van der Waals surface area contributed by atoms with Crippen molar-refractivity contribution in [3.63, 3.8) is 0 Å². The molecule has 18 heavy (non-hydrogen) atoms. The highest BCUT2D eigenvalue weighted by Gasteiger charge is 2.36. The standard InChI is InChI=1S/C11H10BrFN2O3/c1-18-11(17)6-2-10(16)15(5-6)9-3-8(13)7(12)4-14-9/h3-4,6H,2,5H2,1H3. The highest BCUT2D eigenvalue weighted by molar-refractivity contribution is 9.10. The number of methoxy groups -OCH3 is 1. The summed E-state index contributed by atoms with van der Waals surface area (Å²) in [5.41, 5.74) is 0. The normalized spacial score (nSPS) is 19.2. The number of esters is 1. The molecule has 1 unspecified atom stereocenters. The second-order valence-corrected chi connectivity index (χ2v) is 4.74. The number of carbonyl (C=O) groups is 2. The molecule has 0 radical (unpaired) electrons. The number of rotatable bonds is 2. The minimum absolute atomic E-state index is 0.0615. The minimum atomic E-state index is -0.518. The molecule has 5 nitrogen and oxygen atoms in total. The van der Waals surface area contributed by atoms with Crippen LogP contribution in [0, 0.1) is 11.7 Å². The van der Waals surface area contributed by atoms with Crippen LogP contribution < -0.4 is 4.90 Å². The van der Waals surface area contributed by atoms with Crippen molar-refractivity contribution in [3.8, 4) is 0 Å². The number of halogens is 2. The van der Waals surface area contributed by atoms with Crippen LogP contribution in [0.3, 0.4) is 0 Å². The number of pyridine rings is 1. The fraction of sp³-hybridized carbons (Fsp3) is 0.364. The van der Waals surface area contributed by atoms with Crippen LogP contribution in [-0.2, 0) is 14.3 Å². The lowest BCUT2D eigenvalue weighted by molar-refractivity contribution is -0.145. The lowest BCUT2D eigenvalue weighted by Gasteiger charge is -2.15. The van der Waals surface area contributed by atoms with Crippen molar-refractivity contribution in [1.29, 1.82) is 0 Å². The van der Waals surface area contributed by atoms with Gasteiger partial charge in [0.05, 0.1) is 17.5 Å². The molecule has 0 aliphatic carbocycles. The summed E-state index contributed by atoms with van der Waals surface area (Å²) in [7, 11) is 1.27. The SMILES string of the molecule is COC(=O)C1CC(=O)N(c2cc(F)c(Br)cn2)C1. The van der Waals surface area contributed by atoms with Gasteiger partial charge in [0.25, 0.3) is 0 Å². The van der Waals surface area contributed by atoms with Crippen LogP contribution in [0.4, 0.5) is 10.2 Å². The van der Waals surface area contributed by atoms with E-state index in [0.717, 1.165) is 6.07 Å². The van der Waals surface area contributed by atoms with E-state index in [2.05, 4.69) is 25.7 Å². The molecule has 1 aromatic rings. The summed E-state index contributed by atoms with van der Waals surface area (Å²) < 4.78 is 18.2. The van der Waals surface area contributed by atoms with Crippen molar-refractivity contribution in [2.45, 2.75) is 6.42 Å². The van der Waals surface area contributed by atoms with Crippen LogP contribution in [0.5, 0.6) is 0 Å². The first kappa shape index (κ1) is 12.9. The fourth-order valence-electron chi connectivity index (χ4n) is 1.81. The van der Waals surface area contributed by atoms with Crippen LogP contribution in [0.1, 0.15) is 6.42 Å². The second-order valence-electron chi connectivity index (χ2n) is 3.89. The van der Waals surface area contributed by atoms with E-state index in [1.807, 2.05) is 0 Å². The van der Waals surface area contributed by atoms with Crippen LogP contribution in [0.15, 0.2) is 16.7 Å². The summed E-state index contributed by atoms with van der Waals surface area (Å²) in [5, 5.41) is 0. The number of aromatic nitrogens is 1. The molecule has 1 aliphatic rings. The average molecular weight is 317 g/mol. The van der Waals surface area contributed by atoms with Crippen molar-refractivity contribution in [1.82, 2.24) is 4.98 Å². The average Bonchev–Trinajstić information content (AvgIpc) is 2.74. The molecule has 1 amide bonds. The number of carbonyl (C=O) groups excluding carboxylic acids is 2. The first-order chi connectivity index (χ1) is 8.52. The number of hydrogen-bond acceptors (Lipinski definition) is 4. The lowest BCUT2D eigenvalue weighted by Crippen LogP contribution is -2.27. The van der Waals surface area contributed by atoms with Gasteiger partial charge in [0.1, 0.15) is 11.6 Å². The quantitative estimate of drug-likeness (QED) is 0.776. The van der Waals surface area contributed by atoms with Gasteiger partial charge < -0.3 is 4.74 Å². The number of anilines is 1. The predicted molar refractivity (Wildman–Crippen MR) is 64.4 cm³/mol. The largest absolute Gasteiger partial charge is 0.469 e. The van der Waals surface area contributed by atoms with Crippen molar-refractivity contribution >= 4 is 33.6 Å². The molecule has 0 N–H and O–H groups in total. The van der Waals surface area contributed by atoms with E-state index in [1.54, 1.807) is 0 Å². The molecule has 0 bridgehead atoms. The molecule has 7 heteroatoms. The van der Waals surface area contributed by atoms with E-state index < -0.39 is 17.7 Å². The summed E-state index contributed by atoms with van der Waals surface area (Å²) >= 11 is 2.98. The van der Waals surface area contributed by atoms with Crippen LogP contribution >= 0.6 is 15.9 Å². The molecule has 1 aromatic heterocycles. The summed E-state index contributed by atoms with van der Waals surface area (Å²) in [6.45, 7) is 0.166. The lowest BCUT2D eigenvalue weighted by atomic mass is 10.1. The number of amides is 1. The summed E-state index contributed by atoms with van der Waals surface area (Å²) in [6, 6.07) is 1.15. The van der Waals surface area contributed by atoms with E-state index in [1.165, 1.54) is 18.2 Å². The maximum Gasteiger partial charge on any atom is 0.311 e. The van der Waals surface area contributed by atoms with Crippen molar-refractivity contribution in [2.24, 2.45) is 5.92 Å². The highest BCUT2D eigenvalue weighted by atomic mass is 79.9. The molecular formula is C11H10BrFN2O3. The number of ether oxygens (including phenoxy) is 1. The predicted octanol–water partition coefficient (Wildman–Crippen LogP) is 1.51. The molecule has 1 atom stereocenters. The van der Waals surface area contributed by atoms with Gasteiger partial charge in [-0.25, -0.2) is 9.37 Å². The smallest absolute Gasteiger partial charge is 0.311 e. The maximum atomic E-state index is 13.4. The van der Waals surface area contributed by atoms with Gasteiger partial charge in [0.15, 0.2) is 0 Å². The van der Waals surface area contributed by atoms with E-state index in [9.17, 15) is 14.0 Å². The molecule has 0 saturated carbocycles. The Hall–Kier alpha value is -1.50. The maximum absolute atomic E-state index is 13.4. The van der Waals surface area contributed by atoms with Crippen molar-refractivity contribution < 1.29 is 18.7 Å². The Morgan fingerprint density at radius 2 is 2.39 bits per heavy atom. The zero-order valence-corrected chi connectivity index (χ0v) is 11.1. The Balaban J connectivity index is 2.21. The molecule has 1 saturated heterocycles. The van der Waals surface area contributed by atoms with Gasteiger partial charge >= 0.3 is 5.97 Å². The summed E-state index contributed by atoms with van der Waals surface area (Å²) in [4.78, 5) is 28.3. The number of hydrogen-bond donors (Lipinski definition) is 0. The van der Waals surface area contributed by atoms with Gasteiger partial charge in [-0.15, -0.1) is 0 Å². The topological polar surface area (TPSA) is 59.5 Å². The Labute approximate surface area is 111 Å². The monoisotopic (exact) mass is 316 g/mol. The number of nitrogens with zero attached hydrogens (tertiary/aromatic N) is 2. The molecule has 96 valence electrons. The first-order valence-electron chi connectivity index (χ1n) is 5.22. The van der Waals surface area contributed by atoms with Crippen molar-refractivity contribution in [2.75, 3.05) is 18.6 Å². The van der Waals surface area contributed by atoms with Gasteiger partial charge in [0, 0.05) is 25.2 Å². The second kappa shape index (κ2) is 5.01. The molecule has 0 spiro atoms. The van der Waals surface area contributed by atoms with E-state index in [4.69, 9.17) is 0 Å². The third-order valence-corrected chi connectivity index (χ3v) is 3.31. The van der Waals surface area contributed by atoms with Gasteiger partial charge in [-0.2, -0.15) is 0 Å². The van der Waals surface area contributed by atoms with E-state index in [0.29, 0.717) is 0 Å². The third-order valence-electron chi connectivity index (χ3n) is 2.73. The third kappa shape index (κ3) is 2.35. The zero-order chi connectivity index (χ0) is 13.3. The Morgan fingerprint density at radius 1 is 1.67 bits per heavy atom. The molecular weight excluding hydrogens is 307 g/mol. The molecule has 2 rings (SSSR count). The van der Waals surface area contributed by atoms with Crippen molar-refractivity contribution in [3.05, 3.63) is 22.6 Å². The Kier molecular flexibility index (Phi) is 3.60. The van der Waals surface area contributed by atoms with Crippen LogP contribution in [-0.4, -0.2) is 30.5 Å². The van der Waals surface area contributed by atoms with Gasteiger partial charge in [0.2, 0.25) is 5.91 Å². The van der Waals surface area contributed by atoms with Gasteiger partial charge in [-0.05, 0) is 15.9 Å². The molecule has 1 fully saturated rings. The minimum Gasteiger partial charge on any atom is -0.469 e. The van der Waals surface area contributed by atoms with E-state index in [-0.39, 0.29) is 29.2 Å². The fourth-order valence-corrected chi connectivity index (χ4v) is 2.02. The first-order valence-corrected chi connectivity index (χ1v) is 6.01. The Morgan fingerprint density at radius 3 is 3.00 bits per heavy atom. The molecule has 0 aromatic carbocycles. The van der Waals surface area contributed by atoms with Crippen LogP contribution in [0.25, 0.3) is 0 Å². The summed E-state index contributed by atoms with van der Waals surface area (Å²) in [6.07, 6.45) is 1.34. The highest BCUT2D eigenvalue weighted by Crippen LogP contribution is 2.26. The van der Waals surface area contributed by atoms with Gasteiger partial charge in [-0.3, -0.25) is 14.5 Å².